The van der Waals surface area contributed by atoms with Crippen LogP contribution in [0.25, 0.3) is 0 Å². The van der Waals surface area contributed by atoms with Crippen LogP contribution in [0.1, 0.15) is 33.6 Å². The van der Waals surface area contributed by atoms with Crippen LogP contribution in [0.15, 0.2) is 4.99 Å². The second kappa shape index (κ2) is 3.67. The van der Waals surface area contributed by atoms with Crippen LogP contribution in [0.5, 0.6) is 0 Å². The molecular weight excluding hydrogens is 190 g/mol. The molecule has 0 aromatic carbocycles. The van der Waals surface area contributed by atoms with E-state index in [1.165, 1.54) is 12.8 Å². The van der Waals surface area contributed by atoms with Crippen molar-refractivity contribution in [1.29, 1.82) is 0 Å². The number of nitrogens with two attached hydrogens (primary N) is 1. The lowest BCUT2D eigenvalue weighted by atomic mass is 10.1. The zero-order valence-corrected chi connectivity index (χ0v) is 9.86. The Bertz CT molecular complexity index is 271. The van der Waals surface area contributed by atoms with Gasteiger partial charge in [-0.05, 0) is 33.6 Å². The first-order valence-corrected chi connectivity index (χ1v) is 5.72. The van der Waals surface area contributed by atoms with Crippen molar-refractivity contribution >= 4 is 5.96 Å². The van der Waals surface area contributed by atoms with Gasteiger partial charge < -0.3 is 15.4 Å². The fourth-order valence-corrected chi connectivity index (χ4v) is 2.10. The average molecular weight is 211 g/mol. The monoisotopic (exact) mass is 211 g/mol. The van der Waals surface area contributed by atoms with Crippen LogP contribution in [-0.4, -0.2) is 41.7 Å². The third-order valence-electron chi connectivity index (χ3n) is 2.76. The third kappa shape index (κ3) is 2.84. The van der Waals surface area contributed by atoms with E-state index in [4.69, 9.17) is 10.5 Å². The van der Waals surface area contributed by atoms with E-state index in [1.807, 2.05) is 0 Å². The van der Waals surface area contributed by atoms with Gasteiger partial charge in [0.1, 0.15) is 0 Å². The number of hydrogen-bond acceptors (Lipinski definition) is 2. The van der Waals surface area contributed by atoms with Crippen molar-refractivity contribution in [3.05, 3.63) is 0 Å². The van der Waals surface area contributed by atoms with E-state index in [9.17, 15) is 0 Å². The molecule has 1 unspecified atom stereocenters. The molecule has 86 valence electrons. The summed E-state index contributed by atoms with van der Waals surface area (Å²) in [6, 6.07) is 0.492. The van der Waals surface area contributed by atoms with Crippen molar-refractivity contribution < 1.29 is 4.74 Å². The number of hydrogen-bond donors (Lipinski definition) is 1. The molecule has 2 fully saturated rings. The van der Waals surface area contributed by atoms with E-state index in [0.29, 0.717) is 12.0 Å². The Hall–Kier alpha value is -0.770. The van der Waals surface area contributed by atoms with Gasteiger partial charge in [0.25, 0.3) is 0 Å². The average Bonchev–Trinajstić information content (AvgIpc) is 2.84. The molecule has 0 aromatic heterocycles. The van der Waals surface area contributed by atoms with Crippen LogP contribution in [0.4, 0.5) is 0 Å². The molecule has 2 rings (SSSR count). The maximum absolute atomic E-state index is 5.99. The van der Waals surface area contributed by atoms with Gasteiger partial charge in [-0.2, -0.15) is 0 Å². The predicted octanol–water partition coefficient (Wildman–Crippen LogP) is 0.963. The van der Waals surface area contributed by atoms with Gasteiger partial charge in [-0.25, -0.2) is 4.99 Å². The molecule has 0 bridgehead atoms. The summed E-state index contributed by atoms with van der Waals surface area (Å²) < 4.78 is 5.82. The fourth-order valence-electron chi connectivity index (χ4n) is 2.10. The summed E-state index contributed by atoms with van der Waals surface area (Å²) in [6.07, 6.45) is 2.62. The van der Waals surface area contributed by atoms with Crippen LogP contribution in [0, 0.1) is 0 Å². The van der Waals surface area contributed by atoms with E-state index in [2.05, 4.69) is 30.7 Å². The number of rotatable bonds is 1. The van der Waals surface area contributed by atoms with Gasteiger partial charge in [0.2, 0.25) is 0 Å². The molecule has 4 nitrogen and oxygen atoms in total. The van der Waals surface area contributed by atoms with E-state index in [1.54, 1.807) is 0 Å². The Morgan fingerprint density at radius 1 is 1.47 bits per heavy atom. The lowest BCUT2D eigenvalue weighted by Gasteiger charge is -2.42. The first-order chi connectivity index (χ1) is 6.96. The van der Waals surface area contributed by atoms with Crippen LogP contribution < -0.4 is 5.73 Å². The maximum Gasteiger partial charge on any atom is 0.191 e. The third-order valence-corrected chi connectivity index (χ3v) is 2.76. The molecule has 1 atom stereocenters. The van der Waals surface area contributed by atoms with Crippen LogP contribution in [0.2, 0.25) is 0 Å². The molecule has 1 saturated heterocycles. The zero-order valence-electron chi connectivity index (χ0n) is 9.86. The van der Waals surface area contributed by atoms with Gasteiger partial charge in [0.15, 0.2) is 5.96 Å². The van der Waals surface area contributed by atoms with Gasteiger partial charge in [-0.15, -0.1) is 0 Å². The standard InChI is InChI=1S/C11H21N3O/c1-8-6-14(7-11(2,3)15-8)10(12)13-9-4-5-9/h8-9H,4-7H2,1-3H3,(H2,12,13). The Labute approximate surface area is 91.5 Å². The minimum absolute atomic E-state index is 0.124. The molecule has 1 saturated carbocycles. The topological polar surface area (TPSA) is 50.8 Å². The minimum Gasteiger partial charge on any atom is -0.370 e. The highest BCUT2D eigenvalue weighted by atomic mass is 16.5. The maximum atomic E-state index is 5.99. The summed E-state index contributed by atoms with van der Waals surface area (Å²) in [6.45, 7) is 7.96. The Kier molecular flexibility index (Phi) is 2.63. The minimum atomic E-state index is -0.124. The molecule has 1 heterocycles. The van der Waals surface area contributed by atoms with Gasteiger partial charge in [-0.3, -0.25) is 0 Å². The van der Waals surface area contributed by atoms with Crippen LogP contribution >= 0.6 is 0 Å². The van der Waals surface area contributed by atoms with E-state index in [0.717, 1.165) is 13.1 Å². The Morgan fingerprint density at radius 3 is 2.67 bits per heavy atom. The molecule has 2 aliphatic rings. The highest BCUT2D eigenvalue weighted by molar-refractivity contribution is 5.78. The highest BCUT2D eigenvalue weighted by Gasteiger charge is 2.33. The molecule has 0 spiro atoms. The number of guanidine groups is 1. The largest absolute Gasteiger partial charge is 0.370 e. The van der Waals surface area contributed by atoms with Crippen molar-refractivity contribution in [1.82, 2.24) is 4.90 Å². The summed E-state index contributed by atoms with van der Waals surface area (Å²) in [4.78, 5) is 6.62. The van der Waals surface area contributed by atoms with E-state index < -0.39 is 0 Å². The smallest absolute Gasteiger partial charge is 0.191 e. The normalized spacial score (nSPS) is 31.8. The molecule has 0 amide bonds. The lowest BCUT2D eigenvalue weighted by Crippen LogP contribution is -2.55. The number of aliphatic imine (C=N–C) groups is 1. The first kappa shape index (κ1) is 10.7. The second-order valence-corrected chi connectivity index (χ2v) is 5.29. The molecular formula is C11H21N3O. The highest BCUT2D eigenvalue weighted by Crippen LogP contribution is 2.25. The lowest BCUT2D eigenvalue weighted by molar-refractivity contribution is -0.113. The summed E-state index contributed by atoms with van der Waals surface area (Å²) in [5.74, 6) is 0.695. The number of ether oxygens (including phenoxy) is 1. The molecule has 1 aliphatic heterocycles. The Balaban J connectivity index is 2.01. The predicted molar refractivity (Wildman–Crippen MR) is 60.8 cm³/mol. The fraction of sp³-hybridized carbons (Fsp3) is 0.909. The summed E-state index contributed by atoms with van der Waals surface area (Å²) in [5, 5.41) is 0. The van der Waals surface area contributed by atoms with Gasteiger partial charge in [0, 0.05) is 13.1 Å². The Morgan fingerprint density at radius 2 is 2.13 bits per heavy atom. The molecule has 0 radical (unpaired) electrons. The summed E-state index contributed by atoms with van der Waals surface area (Å²) in [7, 11) is 0. The van der Waals surface area contributed by atoms with Crippen molar-refractivity contribution in [3.63, 3.8) is 0 Å². The van der Waals surface area contributed by atoms with Crippen LogP contribution in [0.3, 0.4) is 0 Å². The molecule has 1 aliphatic carbocycles. The number of morpholine rings is 1. The first-order valence-electron chi connectivity index (χ1n) is 5.72. The van der Waals surface area contributed by atoms with Gasteiger partial charge in [0.05, 0.1) is 17.7 Å². The quantitative estimate of drug-likeness (QED) is 0.519. The second-order valence-electron chi connectivity index (χ2n) is 5.29. The molecule has 0 aromatic rings. The van der Waals surface area contributed by atoms with E-state index >= 15 is 0 Å². The summed E-state index contributed by atoms with van der Waals surface area (Å²) in [5.41, 5.74) is 5.87. The number of nitrogens with zero attached hydrogens (tertiary/aromatic N) is 2. The van der Waals surface area contributed by atoms with Crippen molar-refractivity contribution in [2.45, 2.75) is 51.4 Å². The molecule has 15 heavy (non-hydrogen) atoms. The summed E-state index contributed by atoms with van der Waals surface area (Å²) >= 11 is 0. The molecule has 2 N–H and O–H groups in total. The SMILES string of the molecule is CC1CN(C(N)=NC2CC2)CC(C)(C)O1. The zero-order chi connectivity index (χ0) is 11.1. The van der Waals surface area contributed by atoms with Crippen molar-refractivity contribution in [3.8, 4) is 0 Å². The van der Waals surface area contributed by atoms with E-state index in [-0.39, 0.29) is 11.7 Å². The van der Waals surface area contributed by atoms with Crippen molar-refractivity contribution in [2.75, 3.05) is 13.1 Å². The van der Waals surface area contributed by atoms with Gasteiger partial charge >= 0.3 is 0 Å². The van der Waals surface area contributed by atoms with Gasteiger partial charge in [-0.1, -0.05) is 0 Å². The molecule has 4 heteroatoms. The van der Waals surface area contributed by atoms with Crippen molar-refractivity contribution in [2.24, 2.45) is 10.7 Å². The van der Waals surface area contributed by atoms with Crippen LogP contribution in [-0.2, 0) is 4.74 Å².